The third-order valence-corrected chi connectivity index (χ3v) is 2.63. The summed E-state index contributed by atoms with van der Waals surface area (Å²) < 4.78 is 0. The van der Waals surface area contributed by atoms with Crippen LogP contribution in [0.15, 0.2) is 0 Å². The highest BCUT2D eigenvalue weighted by atomic mass is 16.3. The normalized spacial score (nSPS) is 39.3. The highest BCUT2D eigenvalue weighted by Crippen LogP contribution is 2.56. The maximum atomic E-state index is 9.72. The number of rotatable bonds is 2. The van der Waals surface area contributed by atoms with E-state index in [2.05, 4.69) is 0 Å². The van der Waals surface area contributed by atoms with Crippen molar-refractivity contribution in [3.05, 3.63) is 0 Å². The SMILES string of the molecule is CC1(C)CC1(O)C(N)CN. The molecule has 1 saturated carbocycles. The molecule has 0 radical (unpaired) electrons. The molecule has 0 aromatic rings. The standard InChI is InChI=1S/C7H16N2O/c1-6(2)4-7(6,10)5(9)3-8/h5,10H,3-4,8-9H2,1-2H3. The van der Waals surface area contributed by atoms with Crippen molar-refractivity contribution in [3.8, 4) is 0 Å². The minimum Gasteiger partial charge on any atom is -0.388 e. The molecule has 3 nitrogen and oxygen atoms in total. The van der Waals surface area contributed by atoms with Gasteiger partial charge in [-0.1, -0.05) is 13.8 Å². The second-order valence-corrected chi connectivity index (χ2v) is 3.83. The predicted molar refractivity (Wildman–Crippen MR) is 40.4 cm³/mol. The molecule has 0 bridgehead atoms. The van der Waals surface area contributed by atoms with Gasteiger partial charge in [0.2, 0.25) is 0 Å². The summed E-state index contributed by atoms with van der Waals surface area (Å²) in [5.41, 5.74) is 10.2. The van der Waals surface area contributed by atoms with E-state index in [4.69, 9.17) is 11.5 Å². The summed E-state index contributed by atoms with van der Waals surface area (Å²) in [6.07, 6.45) is 0.776. The Morgan fingerprint density at radius 1 is 1.60 bits per heavy atom. The van der Waals surface area contributed by atoms with Crippen molar-refractivity contribution in [2.45, 2.75) is 31.9 Å². The second kappa shape index (κ2) is 1.94. The van der Waals surface area contributed by atoms with E-state index < -0.39 is 5.60 Å². The lowest BCUT2D eigenvalue weighted by molar-refractivity contribution is 0.0836. The van der Waals surface area contributed by atoms with Gasteiger partial charge in [0.15, 0.2) is 0 Å². The summed E-state index contributed by atoms with van der Waals surface area (Å²) in [5.74, 6) is 0. The molecule has 60 valence electrons. The van der Waals surface area contributed by atoms with Crippen LogP contribution in [-0.4, -0.2) is 23.3 Å². The monoisotopic (exact) mass is 144 g/mol. The van der Waals surface area contributed by atoms with E-state index in [9.17, 15) is 5.11 Å². The van der Waals surface area contributed by atoms with E-state index in [0.717, 1.165) is 6.42 Å². The lowest BCUT2D eigenvalue weighted by Crippen LogP contribution is -2.45. The zero-order valence-corrected chi connectivity index (χ0v) is 6.59. The summed E-state index contributed by atoms with van der Waals surface area (Å²) in [4.78, 5) is 0. The van der Waals surface area contributed by atoms with Gasteiger partial charge in [0, 0.05) is 12.6 Å². The Kier molecular flexibility index (Phi) is 1.54. The highest BCUT2D eigenvalue weighted by Gasteiger charge is 2.63. The summed E-state index contributed by atoms with van der Waals surface area (Å²) in [5, 5.41) is 9.72. The van der Waals surface area contributed by atoms with Crippen LogP contribution in [0.4, 0.5) is 0 Å². The van der Waals surface area contributed by atoms with Gasteiger partial charge in [0.05, 0.1) is 5.60 Å². The van der Waals surface area contributed by atoms with Crippen LogP contribution in [0, 0.1) is 5.41 Å². The first-order valence-electron chi connectivity index (χ1n) is 3.62. The lowest BCUT2D eigenvalue weighted by Gasteiger charge is -2.19. The van der Waals surface area contributed by atoms with Crippen molar-refractivity contribution in [2.24, 2.45) is 16.9 Å². The van der Waals surface area contributed by atoms with Crippen LogP contribution in [0.2, 0.25) is 0 Å². The molecular formula is C7H16N2O. The van der Waals surface area contributed by atoms with Crippen LogP contribution < -0.4 is 11.5 Å². The molecule has 1 aliphatic carbocycles. The topological polar surface area (TPSA) is 72.3 Å². The fraction of sp³-hybridized carbons (Fsp3) is 1.00. The van der Waals surface area contributed by atoms with Crippen LogP contribution >= 0.6 is 0 Å². The Labute approximate surface area is 61.4 Å². The predicted octanol–water partition coefficient (Wildman–Crippen LogP) is -0.567. The molecule has 0 heterocycles. The van der Waals surface area contributed by atoms with E-state index in [-0.39, 0.29) is 11.5 Å². The van der Waals surface area contributed by atoms with E-state index in [1.54, 1.807) is 0 Å². The molecule has 0 saturated heterocycles. The Balaban J connectivity index is 2.58. The molecule has 0 spiro atoms. The largest absolute Gasteiger partial charge is 0.388 e. The van der Waals surface area contributed by atoms with Gasteiger partial charge in [-0.15, -0.1) is 0 Å². The third-order valence-electron chi connectivity index (χ3n) is 2.63. The van der Waals surface area contributed by atoms with E-state index in [1.165, 1.54) is 0 Å². The fourth-order valence-electron chi connectivity index (χ4n) is 1.46. The van der Waals surface area contributed by atoms with Crippen LogP contribution in [-0.2, 0) is 0 Å². The Morgan fingerprint density at radius 2 is 2.00 bits per heavy atom. The molecule has 0 aromatic carbocycles. The van der Waals surface area contributed by atoms with E-state index in [0.29, 0.717) is 6.54 Å². The average molecular weight is 144 g/mol. The zero-order chi connectivity index (χ0) is 7.99. The summed E-state index contributed by atoms with van der Waals surface area (Å²) in [6.45, 7) is 4.37. The van der Waals surface area contributed by atoms with Crippen molar-refractivity contribution in [2.75, 3.05) is 6.54 Å². The van der Waals surface area contributed by atoms with Crippen molar-refractivity contribution in [1.29, 1.82) is 0 Å². The molecule has 3 heteroatoms. The van der Waals surface area contributed by atoms with Gasteiger partial charge in [0.25, 0.3) is 0 Å². The molecule has 2 atom stereocenters. The molecule has 0 amide bonds. The van der Waals surface area contributed by atoms with Crippen molar-refractivity contribution < 1.29 is 5.11 Å². The minimum absolute atomic E-state index is 0.0220. The maximum Gasteiger partial charge on any atom is 0.0868 e. The van der Waals surface area contributed by atoms with Gasteiger partial charge < -0.3 is 16.6 Å². The first kappa shape index (κ1) is 7.98. The first-order valence-corrected chi connectivity index (χ1v) is 3.62. The molecule has 5 N–H and O–H groups in total. The summed E-state index contributed by atoms with van der Waals surface area (Å²) >= 11 is 0. The molecule has 0 aromatic heterocycles. The fourth-order valence-corrected chi connectivity index (χ4v) is 1.46. The molecule has 10 heavy (non-hydrogen) atoms. The quantitative estimate of drug-likeness (QED) is 0.486. The Bertz CT molecular complexity index is 147. The van der Waals surface area contributed by atoms with Gasteiger partial charge in [0.1, 0.15) is 0 Å². The zero-order valence-electron chi connectivity index (χ0n) is 6.59. The number of nitrogens with two attached hydrogens (primary N) is 2. The molecule has 1 aliphatic rings. The highest BCUT2D eigenvalue weighted by molar-refractivity contribution is 5.16. The van der Waals surface area contributed by atoms with Gasteiger partial charge in [-0.05, 0) is 11.8 Å². The van der Waals surface area contributed by atoms with Crippen LogP contribution in [0.5, 0.6) is 0 Å². The minimum atomic E-state index is -0.693. The molecule has 0 aliphatic heterocycles. The van der Waals surface area contributed by atoms with E-state index in [1.807, 2.05) is 13.8 Å². The lowest BCUT2D eigenvalue weighted by atomic mass is 10.0. The Hall–Kier alpha value is -0.120. The average Bonchev–Trinajstić information content (AvgIpc) is 2.32. The van der Waals surface area contributed by atoms with Crippen molar-refractivity contribution in [3.63, 3.8) is 0 Å². The van der Waals surface area contributed by atoms with Crippen LogP contribution in [0.3, 0.4) is 0 Å². The van der Waals surface area contributed by atoms with Gasteiger partial charge >= 0.3 is 0 Å². The smallest absolute Gasteiger partial charge is 0.0868 e. The summed E-state index contributed by atoms with van der Waals surface area (Å²) in [7, 11) is 0. The van der Waals surface area contributed by atoms with E-state index >= 15 is 0 Å². The number of aliphatic hydroxyl groups is 1. The second-order valence-electron chi connectivity index (χ2n) is 3.83. The molecule has 1 rings (SSSR count). The molecule has 1 fully saturated rings. The number of hydrogen-bond acceptors (Lipinski definition) is 3. The van der Waals surface area contributed by atoms with Crippen molar-refractivity contribution >= 4 is 0 Å². The Morgan fingerprint density at radius 3 is 2.10 bits per heavy atom. The van der Waals surface area contributed by atoms with Crippen molar-refractivity contribution in [1.82, 2.24) is 0 Å². The number of hydrogen-bond donors (Lipinski definition) is 3. The van der Waals surface area contributed by atoms with Gasteiger partial charge in [-0.2, -0.15) is 0 Å². The molecule has 2 unspecified atom stereocenters. The summed E-state index contributed by atoms with van der Waals surface area (Å²) in [6, 6.07) is -0.262. The first-order chi connectivity index (χ1) is 4.44. The third kappa shape index (κ3) is 0.856. The van der Waals surface area contributed by atoms with Gasteiger partial charge in [-0.25, -0.2) is 0 Å². The maximum absolute atomic E-state index is 9.72. The van der Waals surface area contributed by atoms with Crippen LogP contribution in [0.1, 0.15) is 20.3 Å². The molecular weight excluding hydrogens is 128 g/mol. The van der Waals surface area contributed by atoms with Crippen LogP contribution in [0.25, 0.3) is 0 Å². The van der Waals surface area contributed by atoms with Gasteiger partial charge in [-0.3, -0.25) is 0 Å².